The maximum Gasteiger partial charge on any atom is 0.0811 e. The van der Waals surface area contributed by atoms with Gasteiger partial charge in [-0.2, -0.15) is 5.10 Å². The number of ether oxygens (including phenoxy) is 1. The van der Waals surface area contributed by atoms with Gasteiger partial charge in [0.2, 0.25) is 0 Å². The third-order valence-electron chi connectivity index (χ3n) is 4.41. The molecule has 0 radical (unpaired) electrons. The van der Waals surface area contributed by atoms with Gasteiger partial charge < -0.3 is 10.5 Å². The van der Waals surface area contributed by atoms with E-state index in [0.717, 1.165) is 23.1 Å². The van der Waals surface area contributed by atoms with Gasteiger partial charge in [-0.15, -0.1) is 0 Å². The Bertz CT molecular complexity index is 429. The molecule has 0 aromatic carbocycles. The van der Waals surface area contributed by atoms with E-state index in [1.807, 2.05) is 10.9 Å². The van der Waals surface area contributed by atoms with E-state index >= 15 is 0 Å². The fourth-order valence-electron chi connectivity index (χ4n) is 3.44. The molecule has 21 heavy (non-hydrogen) atoms. The van der Waals surface area contributed by atoms with Crippen molar-refractivity contribution in [1.29, 1.82) is 0 Å². The van der Waals surface area contributed by atoms with Crippen molar-refractivity contribution in [2.24, 2.45) is 11.7 Å². The number of hydrogen-bond acceptors (Lipinski definition) is 3. The first kappa shape index (κ1) is 17.0. The Balaban J connectivity index is 2.20. The molecule has 0 aliphatic heterocycles. The normalized spacial score (nSPS) is 19.6. The molecule has 1 aromatic heterocycles. The smallest absolute Gasteiger partial charge is 0.0811 e. The van der Waals surface area contributed by atoms with Crippen molar-refractivity contribution in [3.8, 4) is 0 Å². The van der Waals surface area contributed by atoms with Gasteiger partial charge in [0.25, 0.3) is 0 Å². The molecule has 0 spiro atoms. The highest BCUT2D eigenvalue weighted by molar-refractivity contribution is 9.10. The molecule has 120 valence electrons. The van der Waals surface area contributed by atoms with Gasteiger partial charge in [0.15, 0.2) is 0 Å². The minimum atomic E-state index is -0.114. The summed E-state index contributed by atoms with van der Waals surface area (Å²) in [6, 6.07) is -0.114. The van der Waals surface area contributed by atoms with E-state index in [1.165, 1.54) is 32.1 Å². The lowest BCUT2D eigenvalue weighted by molar-refractivity contribution is -0.0117. The van der Waals surface area contributed by atoms with Crippen molar-refractivity contribution in [2.45, 2.75) is 71.1 Å². The summed E-state index contributed by atoms with van der Waals surface area (Å²) >= 11 is 3.61. The quantitative estimate of drug-likeness (QED) is 0.800. The van der Waals surface area contributed by atoms with Gasteiger partial charge in [0.05, 0.1) is 28.5 Å². The summed E-state index contributed by atoms with van der Waals surface area (Å²) in [5, 5.41) is 4.45. The van der Waals surface area contributed by atoms with Crippen molar-refractivity contribution in [1.82, 2.24) is 9.78 Å². The first-order chi connectivity index (χ1) is 10.2. The van der Waals surface area contributed by atoms with Gasteiger partial charge in [-0.1, -0.05) is 26.2 Å². The Morgan fingerprint density at radius 1 is 1.38 bits per heavy atom. The second-order valence-electron chi connectivity index (χ2n) is 5.94. The predicted octanol–water partition coefficient (Wildman–Crippen LogP) is 4.04. The van der Waals surface area contributed by atoms with E-state index < -0.39 is 0 Å². The first-order valence-corrected chi connectivity index (χ1v) is 9.06. The van der Waals surface area contributed by atoms with Crippen molar-refractivity contribution < 1.29 is 4.74 Å². The van der Waals surface area contributed by atoms with E-state index in [2.05, 4.69) is 34.9 Å². The summed E-state index contributed by atoms with van der Waals surface area (Å²) in [5.74, 6) is 0.575. The highest BCUT2D eigenvalue weighted by Crippen LogP contribution is 2.35. The van der Waals surface area contributed by atoms with Crippen molar-refractivity contribution in [2.75, 3.05) is 6.61 Å². The third-order valence-corrected chi connectivity index (χ3v) is 5.02. The molecule has 1 saturated carbocycles. The topological polar surface area (TPSA) is 53.1 Å². The van der Waals surface area contributed by atoms with Crippen molar-refractivity contribution in [3.05, 3.63) is 16.4 Å². The summed E-state index contributed by atoms with van der Waals surface area (Å²) in [4.78, 5) is 0. The van der Waals surface area contributed by atoms with Crippen molar-refractivity contribution >= 4 is 15.9 Å². The monoisotopic (exact) mass is 357 g/mol. The summed E-state index contributed by atoms with van der Waals surface area (Å²) < 4.78 is 9.10. The maximum atomic E-state index is 6.62. The minimum Gasteiger partial charge on any atom is -0.376 e. The van der Waals surface area contributed by atoms with Crippen LogP contribution in [0, 0.1) is 5.92 Å². The number of nitrogens with zero attached hydrogens (tertiary/aromatic N) is 2. The summed E-state index contributed by atoms with van der Waals surface area (Å²) in [6.45, 7) is 5.83. The molecule has 1 aromatic rings. The van der Waals surface area contributed by atoms with Gasteiger partial charge in [-0.3, -0.25) is 4.68 Å². The molecule has 2 unspecified atom stereocenters. The van der Waals surface area contributed by atoms with Crippen molar-refractivity contribution in [3.63, 3.8) is 0 Å². The molecule has 1 heterocycles. The molecule has 1 fully saturated rings. The maximum absolute atomic E-state index is 6.62. The molecule has 2 atom stereocenters. The van der Waals surface area contributed by atoms with E-state index in [9.17, 15) is 0 Å². The molecule has 1 aliphatic carbocycles. The largest absolute Gasteiger partial charge is 0.376 e. The lowest BCUT2D eigenvalue weighted by Crippen LogP contribution is -2.38. The SMILES string of the molecule is CCCn1ncc(Br)c1C(N)C(OCC)C1CCCCC1. The van der Waals surface area contributed by atoms with Crippen LogP contribution in [0.15, 0.2) is 10.7 Å². The molecule has 0 bridgehead atoms. The van der Waals surface area contributed by atoms with Gasteiger partial charge in [0, 0.05) is 13.2 Å². The van der Waals surface area contributed by atoms with Crippen LogP contribution < -0.4 is 5.73 Å². The van der Waals surface area contributed by atoms with Crippen LogP contribution in [0.3, 0.4) is 0 Å². The Morgan fingerprint density at radius 3 is 2.71 bits per heavy atom. The Labute approximate surface area is 136 Å². The molecule has 0 amide bonds. The molecule has 2 rings (SSSR count). The number of rotatable bonds is 7. The van der Waals surface area contributed by atoms with Gasteiger partial charge in [-0.05, 0) is 48.0 Å². The fourth-order valence-corrected chi connectivity index (χ4v) is 4.00. The first-order valence-electron chi connectivity index (χ1n) is 8.27. The van der Waals surface area contributed by atoms with E-state index in [-0.39, 0.29) is 12.1 Å². The summed E-state index contributed by atoms with van der Waals surface area (Å²) in [6.07, 6.45) is 9.43. The number of hydrogen-bond donors (Lipinski definition) is 1. The van der Waals surface area contributed by atoms with E-state index in [1.54, 1.807) is 0 Å². The minimum absolute atomic E-state index is 0.0962. The molecule has 5 heteroatoms. The molecular formula is C16H28BrN3O. The number of nitrogens with two attached hydrogens (primary N) is 1. The average molecular weight is 358 g/mol. The average Bonchev–Trinajstić information content (AvgIpc) is 2.86. The molecule has 1 aliphatic rings. The van der Waals surface area contributed by atoms with Gasteiger partial charge >= 0.3 is 0 Å². The molecule has 2 N–H and O–H groups in total. The Hall–Kier alpha value is -0.390. The lowest BCUT2D eigenvalue weighted by atomic mass is 9.82. The van der Waals surface area contributed by atoms with E-state index in [4.69, 9.17) is 10.5 Å². The number of aromatic nitrogens is 2. The van der Waals surface area contributed by atoms with Crippen LogP contribution in [0.5, 0.6) is 0 Å². The summed E-state index contributed by atoms with van der Waals surface area (Å²) in [7, 11) is 0. The Kier molecular flexibility index (Phi) is 6.71. The second kappa shape index (κ2) is 8.30. The lowest BCUT2D eigenvalue weighted by Gasteiger charge is -2.34. The van der Waals surface area contributed by atoms with Crippen LogP contribution in [-0.2, 0) is 11.3 Å². The zero-order valence-electron chi connectivity index (χ0n) is 13.2. The van der Waals surface area contributed by atoms with Crippen LogP contribution in [0.2, 0.25) is 0 Å². The Morgan fingerprint density at radius 2 is 2.10 bits per heavy atom. The molecule has 4 nitrogen and oxygen atoms in total. The van der Waals surface area contributed by atoms with Crippen LogP contribution in [0.25, 0.3) is 0 Å². The third kappa shape index (κ3) is 4.08. The van der Waals surface area contributed by atoms with Crippen LogP contribution in [-0.4, -0.2) is 22.5 Å². The fraction of sp³-hybridized carbons (Fsp3) is 0.812. The van der Waals surface area contributed by atoms with Crippen LogP contribution in [0.4, 0.5) is 0 Å². The molecular weight excluding hydrogens is 330 g/mol. The number of halogens is 1. The highest BCUT2D eigenvalue weighted by atomic mass is 79.9. The van der Waals surface area contributed by atoms with E-state index in [0.29, 0.717) is 12.5 Å². The highest BCUT2D eigenvalue weighted by Gasteiger charge is 2.32. The predicted molar refractivity (Wildman–Crippen MR) is 89.1 cm³/mol. The van der Waals surface area contributed by atoms with Crippen LogP contribution >= 0.6 is 15.9 Å². The number of aryl methyl sites for hydroxylation is 1. The van der Waals surface area contributed by atoms with Gasteiger partial charge in [-0.25, -0.2) is 0 Å². The molecule has 0 saturated heterocycles. The van der Waals surface area contributed by atoms with Gasteiger partial charge in [0.1, 0.15) is 0 Å². The zero-order chi connectivity index (χ0) is 15.2. The zero-order valence-corrected chi connectivity index (χ0v) is 14.8. The summed E-state index contributed by atoms with van der Waals surface area (Å²) in [5.41, 5.74) is 7.70. The second-order valence-corrected chi connectivity index (χ2v) is 6.80. The van der Waals surface area contributed by atoms with Crippen LogP contribution in [0.1, 0.15) is 64.1 Å². The standard InChI is InChI=1S/C16H28BrN3O/c1-3-10-20-15(13(17)11-19-20)14(18)16(21-4-2)12-8-6-5-7-9-12/h11-12,14,16H,3-10,18H2,1-2H3.